The Bertz CT molecular complexity index is 736. The van der Waals surface area contributed by atoms with Crippen molar-refractivity contribution in [3.05, 3.63) is 47.7 Å². The van der Waals surface area contributed by atoms with Crippen LogP contribution in [0.2, 0.25) is 0 Å². The number of rotatable bonds is 2. The molecule has 2 aliphatic heterocycles. The maximum Gasteiger partial charge on any atom is 0.280 e. The summed E-state index contributed by atoms with van der Waals surface area (Å²) in [5, 5.41) is 0. The van der Waals surface area contributed by atoms with Crippen molar-refractivity contribution in [3.8, 4) is 0 Å². The van der Waals surface area contributed by atoms with Crippen molar-refractivity contribution in [1.82, 2.24) is 14.9 Å². The van der Waals surface area contributed by atoms with Crippen molar-refractivity contribution in [1.29, 1.82) is 0 Å². The number of halogens is 1. The molecule has 0 bridgehead atoms. The van der Waals surface area contributed by atoms with Crippen LogP contribution in [0.5, 0.6) is 0 Å². The average molecular weight is 285 g/mol. The number of imidazole rings is 1. The SMILES string of the molecule is O=C1c2[nH]cnc2N(Cc2ccc(F)cc2)C2=NCCN12. The van der Waals surface area contributed by atoms with Crippen LogP contribution in [0.15, 0.2) is 35.6 Å². The highest BCUT2D eigenvalue weighted by atomic mass is 19.1. The molecule has 6 nitrogen and oxygen atoms in total. The number of anilines is 1. The van der Waals surface area contributed by atoms with Gasteiger partial charge in [-0.05, 0) is 17.7 Å². The zero-order valence-electron chi connectivity index (χ0n) is 11.1. The largest absolute Gasteiger partial charge is 0.339 e. The van der Waals surface area contributed by atoms with Gasteiger partial charge in [-0.25, -0.2) is 9.37 Å². The number of aliphatic imine (C=N–C) groups is 1. The van der Waals surface area contributed by atoms with Crippen LogP contribution in [0.1, 0.15) is 16.1 Å². The lowest BCUT2D eigenvalue weighted by atomic mass is 10.2. The van der Waals surface area contributed by atoms with Crippen LogP contribution < -0.4 is 4.90 Å². The number of carbonyl (C=O) groups is 1. The van der Waals surface area contributed by atoms with E-state index in [9.17, 15) is 9.18 Å². The third-order valence-corrected chi connectivity index (χ3v) is 3.65. The van der Waals surface area contributed by atoms with Gasteiger partial charge in [0.2, 0.25) is 5.96 Å². The second kappa shape index (κ2) is 4.41. The summed E-state index contributed by atoms with van der Waals surface area (Å²) in [7, 11) is 0. The first kappa shape index (κ1) is 12.1. The molecule has 106 valence electrons. The van der Waals surface area contributed by atoms with E-state index in [4.69, 9.17) is 0 Å². The number of hydrogen-bond acceptors (Lipinski definition) is 4. The number of nitrogens with one attached hydrogen (secondary N) is 1. The van der Waals surface area contributed by atoms with E-state index in [0.29, 0.717) is 37.1 Å². The molecular weight excluding hydrogens is 273 g/mol. The number of fused-ring (bicyclic) bond motifs is 2. The summed E-state index contributed by atoms with van der Waals surface area (Å²) in [5.41, 5.74) is 1.40. The number of aromatic amines is 1. The number of hydrogen-bond donors (Lipinski definition) is 1. The van der Waals surface area contributed by atoms with E-state index >= 15 is 0 Å². The lowest BCUT2D eigenvalue weighted by molar-refractivity contribution is 0.0846. The van der Waals surface area contributed by atoms with E-state index in [-0.39, 0.29) is 11.7 Å². The zero-order chi connectivity index (χ0) is 14.4. The fraction of sp³-hybridized carbons (Fsp3) is 0.214. The highest BCUT2D eigenvalue weighted by Crippen LogP contribution is 2.28. The minimum absolute atomic E-state index is 0.103. The molecule has 1 aromatic carbocycles. The molecule has 0 saturated heterocycles. The topological polar surface area (TPSA) is 64.6 Å². The van der Waals surface area contributed by atoms with Gasteiger partial charge >= 0.3 is 0 Å². The van der Waals surface area contributed by atoms with Gasteiger partial charge in [-0.15, -0.1) is 0 Å². The molecule has 3 heterocycles. The summed E-state index contributed by atoms with van der Waals surface area (Å²) in [5.74, 6) is 0.812. The first-order valence-corrected chi connectivity index (χ1v) is 6.66. The molecule has 0 saturated carbocycles. The standard InChI is InChI=1S/C14H12FN5O/c15-10-3-1-9(2-4-10)7-20-12-11(17-8-18-12)13(21)19-6-5-16-14(19)20/h1-4,8H,5-7H2,(H,17,18). The molecule has 2 aromatic rings. The highest BCUT2D eigenvalue weighted by molar-refractivity contribution is 6.17. The fourth-order valence-electron chi connectivity index (χ4n) is 2.66. The van der Waals surface area contributed by atoms with Crippen molar-refractivity contribution in [2.45, 2.75) is 6.54 Å². The number of H-pyrrole nitrogens is 1. The number of nitrogens with zero attached hydrogens (tertiary/aromatic N) is 4. The molecule has 1 N–H and O–H groups in total. The minimum Gasteiger partial charge on any atom is -0.339 e. The van der Waals surface area contributed by atoms with Gasteiger partial charge in [0.25, 0.3) is 5.91 Å². The number of carbonyl (C=O) groups excluding carboxylic acids is 1. The molecule has 1 amide bonds. The van der Waals surface area contributed by atoms with E-state index in [0.717, 1.165) is 5.56 Å². The van der Waals surface area contributed by atoms with E-state index in [1.165, 1.54) is 18.5 Å². The second-order valence-electron chi connectivity index (χ2n) is 4.95. The molecular formula is C14H12FN5O. The molecule has 0 aliphatic carbocycles. The van der Waals surface area contributed by atoms with Crippen LogP contribution >= 0.6 is 0 Å². The van der Waals surface area contributed by atoms with Crippen LogP contribution in [0.3, 0.4) is 0 Å². The summed E-state index contributed by atoms with van der Waals surface area (Å²) >= 11 is 0. The number of guanidine groups is 1. The Morgan fingerprint density at radius 2 is 2.10 bits per heavy atom. The summed E-state index contributed by atoms with van der Waals surface area (Å²) in [6, 6.07) is 6.28. The maximum atomic E-state index is 13.0. The van der Waals surface area contributed by atoms with Gasteiger partial charge in [0, 0.05) is 6.54 Å². The predicted molar refractivity (Wildman–Crippen MR) is 74.5 cm³/mol. The van der Waals surface area contributed by atoms with Crippen molar-refractivity contribution in [3.63, 3.8) is 0 Å². The fourth-order valence-corrected chi connectivity index (χ4v) is 2.66. The smallest absolute Gasteiger partial charge is 0.280 e. The highest BCUT2D eigenvalue weighted by Gasteiger charge is 2.39. The van der Waals surface area contributed by atoms with Gasteiger partial charge < -0.3 is 4.98 Å². The monoisotopic (exact) mass is 285 g/mol. The maximum absolute atomic E-state index is 13.0. The van der Waals surface area contributed by atoms with E-state index in [2.05, 4.69) is 15.0 Å². The lowest BCUT2D eigenvalue weighted by Crippen LogP contribution is -2.49. The molecule has 0 unspecified atom stereocenters. The molecule has 0 fully saturated rings. The van der Waals surface area contributed by atoms with Crippen LogP contribution in [-0.4, -0.2) is 39.8 Å². The minimum atomic E-state index is -0.270. The quantitative estimate of drug-likeness (QED) is 0.906. The second-order valence-corrected chi connectivity index (χ2v) is 4.95. The normalized spacial score (nSPS) is 16.8. The molecule has 0 spiro atoms. The third-order valence-electron chi connectivity index (χ3n) is 3.65. The van der Waals surface area contributed by atoms with Crippen molar-refractivity contribution >= 4 is 17.7 Å². The van der Waals surface area contributed by atoms with E-state index < -0.39 is 0 Å². The predicted octanol–water partition coefficient (Wildman–Crippen LogP) is 1.38. The molecule has 2 aliphatic rings. The van der Waals surface area contributed by atoms with Gasteiger partial charge in [-0.2, -0.15) is 0 Å². The Kier molecular flexibility index (Phi) is 2.53. The van der Waals surface area contributed by atoms with Crippen LogP contribution in [0, 0.1) is 5.82 Å². The summed E-state index contributed by atoms with van der Waals surface area (Å²) < 4.78 is 13.0. The van der Waals surface area contributed by atoms with Gasteiger partial charge in [0.05, 0.1) is 19.4 Å². The Morgan fingerprint density at radius 3 is 2.90 bits per heavy atom. The Morgan fingerprint density at radius 1 is 1.29 bits per heavy atom. The molecule has 21 heavy (non-hydrogen) atoms. The third kappa shape index (κ3) is 1.81. The Labute approximate surface area is 119 Å². The van der Waals surface area contributed by atoms with Gasteiger partial charge in [-0.3, -0.25) is 19.6 Å². The number of aromatic nitrogens is 2. The van der Waals surface area contributed by atoms with Crippen molar-refractivity contribution < 1.29 is 9.18 Å². The molecule has 1 aromatic heterocycles. The Balaban J connectivity index is 1.74. The Hall–Kier alpha value is -2.70. The first-order chi connectivity index (χ1) is 10.2. The summed E-state index contributed by atoms with van der Waals surface area (Å²) in [4.78, 5) is 27.3. The average Bonchev–Trinajstić information content (AvgIpc) is 3.15. The number of benzene rings is 1. The van der Waals surface area contributed by atoms with E-state index in [1.807, 2.05) is 4.90 Å². The molecule has 4 rings (SSSR count). The van der Waals surface area contributed by atoms with Crippen LogP contribution in [-0.2, 0) is 6.54 Å². The molecule has 7 heteroatoms. The zero-order valence-corrected chi connectivity index (χ0v) is 11.1. The van der Waals surface area contributed by atoms with Crippen molar-refractivity contribution in [2.24, 2.45) is 4.99 Å². The molecule has 0 atom stereocenters. The van der Waals surface area contributed by atoms with Gasteiger partial charge in [-0.1, -0.05) is 12.1 Å². The van der Waals surface area contributed by atoms with Crippen molar-refractivity contribution in [2.75, 3.05) is 18.0 Å². The number of amides is 1. The molecule has 0 radical (unpaired) electrons. The van der Waals surface area contributed by atoms with Gasteiger partial charge in [0.15, 0.2) is 5.82 Å². The van der Waals surface area contributed by atoms with Crippen LogP contribution in [0.4, 0.5) is 10.2 Å². The lowest BCUT2D eigenvalue weighted by Gasteiger charge is -2.33. The van der Waals surface area contributed by atoms with Gasteiger partial charge in [0.1, 0.15) is 11.5 Å². The summed E-state index contributed by atoms with van der Waals surface area (Å²) in [6.45, 7) is 1.65. The first-order valence-electron chi connectivity index (χ1n) is 6.66. The van der Waals surface area contributed by atoms with Crippen LogP contribution in [0.25, 0.3) is 0 Å². The summed E-state index contributed by atoms with van der Waals surface area (Å²) in [6.07, 6.45) is 1.50. The van der Waals surface area contributed by atoms with E-state index in [1.54, 1.807) is 17.0 Å².